The van der Waals surface area contributed by atoms with Gasteiger partial charge in [0.25, 0.3) is 5.91 Å². The number of hydrogen-bond acceptors (Lipinski definition) is 5. The zero-order valence-electron chi connectivity index (χ0n) is 17.4. The predicted molar refractivity (Wildman–Crippen MR) is 124 cm³/mol. The van der Waals surface area contributed by atoms with E-state index in [2.05, 4.69) is 10.3 Å². The zero-order chi connectivity index (χ0) is 23.6. The Hall–Kier alpha value is -3.43. The van der Waals surface area contributed by atoms with Crippen LogP contribution >= 0.6 is 11.3 Å². The van der Waals surface area contributed by atoms with Crippen molar-refractivity contribution >= 4 is 27.1 Å². The zero-order valence-corrected chi connectivity index (χ0v) is 19.0. The first-order valence-corrected chi connectivity index (χ1v) is 12.5. The number of benzene rings is 3. The van der Waals surface area contributed by atoms with Crippen molar-refractivity contribution in [3.63, 3.8) is 0 Å². The predicted octanol–water partition coefficient (Wildman–Crippen LogP) is 5.09. The average molecular weight is 485 g/mol. The largest absolute Gasteiger partial charge is 0.346 e. The molecule has 0 saturated carbocycles. The Bertz CT molecular complexity index is 1420. The fraction of sp³-hybridized carbons (Fsp3) is 0.0833. The third-order valence-electron chi connectivity index (χ3n) is 4.83. The SMILES string of the molecule is CS(=O)(=O)c1ccc(-c2sc(C(=O)NCc3cccc(F)c3)nc2-c2ccc(F)cc2)cc1. The van der Waals surface area contributed by atoms with Gasteiger partial charge >= 0.3 is 0 Å². The summed E-state index contributed by atoms with van der Waals surface area (Å²) in [5, 5.41) is 2.90. The van der Waals surface area contributed by atoms with Gasteiger partial charge in [-0.3, -0.25) is 4.79 Å². The highest BCUT2D eigenvalue weighted by molar-refractivity contribution is 7.90. The van der Waals surface area contributed by atoms with Crippen molar-refractivity contribution < 1.29 is 22.0 Å². The van der Waals surface area contributed by atoms with E-state index in [1.165, 1.54) is 36.4 Å². The van der Waals surface area contributed by atoms with Gasteiger partial charge in [0.15, 0.2) is 14.8 Å². The van der Waals surface area contributed by atoms with E-state index in [4.69, 9.17) is 0 Å². The van der Waals surface area contributed by atoms with Crippen LogP contribution in [-0.2, 0) is 16.4 Å². The molecule has 4 rings (SSSR count). The molecule has 168 valence electrons. The number of nitrogens with zero attached hydrogens (tertiary/aromatic N) is 1. The summed E-state index contributed by atoms with van der Waals surface area (Å²) in [5.74, 6) is -1.23. The van der Waals surface area contributed by atoms with Crippen molar-refractivity contribution in [2.75, 3.05) is 6.26 Å². The molecule has 4 aromatic rings. The van der Waals surface area contributed by atoms with E-state index < -0.39 is 27.4 Å². The Kier molecular flexibility index (Phi) is 6.35. The van der Waals surface area contributed by atoms with Crippen LogP contribution in [0.15, 0.2) is 77.7 Å². The minimum atomic E-state index is -3.36. The van der Waals surface area contributed by atoms with Crippen LogP contribution in [-0.4, -0.2) is 25.6 Å². The number of carbonyl (C=O) groups excluding carboxylic acids is 1. The molecule has 0 saturated heterocycles. The molecule has 0 aliphatic rings. The summed E-state index contributed by atoms with van der Waals surface area (Å²) >= 11 is 1.13. The van der Waals surface area contributed by atoms with Gasteiger partial charge in [-0.2, -0.15) is 0 Å². The molecule has 1 aromatic heterocycles. The van der Waals surface area contributed by atoms with Crippen molar-refractivity contribution in [3.05, 3.63) is 95.0 Å². The molecule has 0 unspecified atom stereocenters. The van der Waals surface area contributed by atoms with Crippen molar-refractivity contribution in [3.8, 4) is 21.7 Å². The fourth-order valence-corrected chi connectivity index (χ4v) is 4.81. The maximum atomic E-state index is 13.4. The van der Waals surface area contributed by atoms with Gasteiger partial charge in [0, 0.05) is 18.4 Å². The summed E-state index contributed by atoms with van der Waals surface area (Å²) in [7, 11) is -3.36. The van der Waals surface area contributed by atoms with Crippen LogP contribution in [0.5, 0.6) is 0 Å². The summed E-state index contributed by atoms with van der Waals surface area (Å²) in [4.78, 5) is 18.1. The molecular weight excluding hydrogens is 466 g/mol. The van der Waals surface area contributed by atoms with E-state index in [0.29, 0.717) is 27.3 Å². The van der Waals surface area contributed by atoms with Gasteiger partial charge in [-0.1, -0.05) is 24.3 Å². The second-order valence-corrected chi connectivity index (χ2v) is 10.3. The van der Waals surface area contributed by atoms with Crippen LogP contribution in [0.25, 0.3) is 21.7 Å². The number of sulfone groups is 1. The third-order valence-corrected chi connectivity index (χ3v) is 7.06. The van der Waals surface area contributed by atoms with Gasteiger partial charge in [0.1, 0.15) is 11.6 Å². The number of rotatable bonds is 6. The second-order valence-electron chi connectivity index (χ2n) is 7.31. The first kappa shape index (κ1) is 22.8. The Morgan fingerprint density at radius 1 is 0.939 bits per heavy atom. The molecule has 9 heteroatoms. The van der Waals surface area contributed by atoms with Gasteiger partial charge in [0.2, 0.25) is 0 Å². The lowest BCUT2D eigenvalue weighted by Gasteiger charge is -2.04. The smallest absolute Gasteiger partial charge is 0.280 e. The molecule has 0 bridgehead atoms. The van der Waals surface area contributed by atoms with E-state index in [0.717, 1.165) is 17.6 Å². The number of aromatic nitrogens is 1. The number of thiazole rings is 1. The standard InChI is InChI=1S/C24H18F2N2O3S2/c1-33(30,31)20-11-7-17(8-12-20)22-21(16-5-9-18(25)10-6-16)28-24(32-22)23(29)27-14-15-3-2-4-19(26)13-15/h2-13H,14H2,1H3,(H,27,29). The highest BCUT2D eigenvalue weighted by Crippen LogP contribution is 2.37. The number of nitrogens with one attached hydrogen (secondary N) is 1. The van der Waals surface area contributed by atoms with Crippen molar-refractivity contribution in [1.82, 2.24) is 10.3 Å². The maximum Gasteiger partial charge on any atom is 0.280 e. The molecule has 0 aliphatic carbocycles. The van der Waals surface area contributed by atoms with Crippen LogP contribution in [0.2, 0.25) is 0 Å². The number of carbonyl (C=O) groups is 1. The maximum absolute atomic E-state index is 13.4. The quantitative estimate of drug-likeness (QED) is 0.414. The second kappa shape index (κ2) is 9.21. The molecule has 5 nitrogen and oxygen atoms in total. The summed E-state index contributed by atoms with van der Waals surface area (Å²) in [5.41, 5.74) is 2.36. The molecule has 1 amide bonds. The van der Waals surface area contributed by atoms with Crippen molar-refractivity contribution in [2.45, 2.75) is 11.4 Å². The first-order valence-electron chi connectivity index (χ1n) is 9.80. The van der Waals surface area contributed by atoms with Gasteiger partial charge in [-0.25, -0.2) is 22.2 Å². The number of amides is 1. The molecule has 0 fully saturated rings. The average Bonchev–Trinajstić information content (AvgIpc) is 3.23. The molecule has 0 radical (unpaired) electrons. The lowest BCUT2D eigenvalue weighted by Crippen LogP contribution is -2.22. The summed E-state index contributed by atoms with van der Waals surface area (Å²) in [6, 6.07) is 17.9. The van der Waals surface area contributed by atoms with Gasteiger partial charge < -0.3 is 5.32 Å². The van der Waals surface area contributed by atoms with Gasteiger partial charge in [-0.15, -0.1) is 11.3 Å². The lowest BCUT2D eigenvalue weighted by atomic mass is 10.1. The Balaban J connectivity index is 1.69. The van der Waals surface area contributed by atoms with E-state index in [-0.39, 0.29) is 16.4 Å². The highest BCUT2D eigenvalue weighted by atomic mass is 32.2. The molecule has 0 spiro atoms. The molecule has 3 aromatic carbocycles. The van der Waals surface area contributed by atoms with Crippen LogP contribution < -0.4 is 5.32 Å². The summed E-state index contributed by atoms with van der Waals surface area (Å²) in [6.45, 7) is 0.125. The summed E-state index contributed by atoms with van der Waals surface area (Å²) < 4.78 is 50.4. The van der Waals surface area contributed by atoms with E-state index in [9.17, 15) is 22.0 Å². The van der Waals surface area contributed by atoms with Crippen LogP contribution in [0.4, 0.5) is 8.78 Å². The van der Waals surface area contributed by atoms with Crippen LogP contribution in [0.3, 0.4) is 0 Å². The fourth-order valence-electron chi connectivity index (χ4n) is 3.17. The van der Waals surface area contributed by atoms with Gasteiger partial charge in [0.05, 0.1) is 15.5 Å². The van der Waals surface area contributed by atoms with E-state index in [1.54, 1.807) is 36.4 Å². The van der Waals surface area contributed by atoms with Crippen LogP contribution in [0, 0.1) is 11.6 Å². The van der Waals surface area contributed by atoms with Crippen molar-refractivity contribution in [2.24, 2.45) is 0 Å². The van der Waals surface area contributed by atoms with Gasteiger partial charge in [-0.05, 0) is 59.7 Å². The monoisotopic (exact) mass is 484 g/mol. The Morgan fingerprint density at radius 3 is 2.24 bits per heavy atom. The molecule has 33 heavy (non-hydrogen) atoms. The minimum Gasteiger partial charge on any atom is -0.346 e. The lowest BCUT2D eigenvalue weighted by molar-refractivity contribution is 0.0950. The number of halogens is 2. The first-order chi connectivity index (χ1) is 15.7. The highest BCUT2D eigenvalue weighted by Gasteiger charge is 2.20. The van der Waals surface area contributed by atoms with E-state index in [1.807, 2.05) is 0 Å². The Morgan fingerprint density at radius 2 is 1.61 bits per heavy atom. The van der Waals surface area contributed by atoms with Crippen LogP contribution in [0.1, 0.15) is 15.4 Å². The molecular formula is C24H18F2N2O3S2. The molecule has 1 N–H and O–H groups in total. The normalized spacial score (nSPS) is 11.4. The molecule has 1 heterocycles. The number of hydrogen-bond donors (Lipinski definition) is 1. The van der Waals surface area contributed by atoms with E-state index >= 15 is 0 Å². The Labute approximate surface area is 193 Å². The van der Waals surface area contributed by atoms with Crippen molar-refractivity contribution in [1.29, 1.82) is 0 Å². The third kappa shape index (κ3) is 5.32. The molecule has 0 atom stereocenters. The summed E-state index contributed by atoms with van der Waals surface area (Å²) in [6.07, 6.45) is 1.12. The topological polar surface area (TPSA) is 76.1 Å². The minimum absolute atomic E-state index is 0.125. The molecule has 0 aliphatic heterocycles.